The van der Waals surface area contributed by atoms with E-state index < -0.39 is 12.1 Å². The molecule has 1 heterocycles. The first-order valence-corrected chi connectivity index (χ1v) is 5.09. The van der Waals surface area contributed by atoms with Crippen LogP contribution in [-0.2, 0) is 4.79 Å². The van der Waals surface area contributed by atoms with Crippen molar-refractivity contribution in [2.75, 3.05) is 5.75 Å². The Bertz CT molecular complexity index is 369. The third-order valence-corrected chi connectivity index (χ3v) is 3.11. The average Bonchev–Trinajstić information content (AvgIpc) is 2.32. The maximum Gasteiger partial charge on any atom is 0.259 e. The SMILES string of the molecule is O=C1CSc2ccccc2C(O)N1O. The Morgan fingerprint density at radius 3 is 2.93 bits per heavy atom. The summed E-state index contributed by atoms with van der Waals surface area (Å²) < 4.78 is 0. The molecule has 1 aromatic carbocycles. The predicted molar refractivity (Wildman–Crippen MR) is 50.8 cm³/mol. The highest BCUT2D eigenvalue weighted by atomic mass is 32.2. The Morgan fingerprint density at radius 1 is 1.43 bits per heavy atom. The van der Waals surface area contributed by atoms with E-state index in [-0.39, 0.29) is 5.75 Å². The summed E-state index contributed by atoms with van der Waals surface area (Å²) in [6, 6.07) is 7.09. The van der Waals surface area contributed by atoms with Gasteiger partial charge in [-0.25, -0.2) is 0 Å². The molecule has 1 amide bonds. The van der Waals surface area contributed by atoms with Gasteiger partial charge in [-0.15, -0.1) is 11.8 Å². The van der Waals surface area contributed by atoms with Crippen LogP contribution >= 0.6 is 11.8 Å². The number of hydrogen-bond donors (Lipinski definition) is 2. The normalized spacial score (nSPS) is 21.7. The fourth-order valence-electron chi connectivity index (χ4n) is 1.30. The number of nitrogens with zero attached hydrogens (tertiary/aromatic N) is 1. The minimum absolute atomic E-state index is 0.143. The van der Waals surface area contributed by atoms with E-state index in [1.807, 2.05) is 12.1 Å². The Balaban J connectivity index is 2.45. The zero-order valence-electron chi connectivity index (χ0n) is 7.25. The standard InChI is InChI=1S/C9H9NO3S/c11-8-5-14-7-4-2-1-3-6(7)9(12)10(8)13/h1-4,9,12-13H,5H2. The molecule has 1 aliphatic rings. The molecule has 1 aliphatic heterocycles. The number of rotatable bonds is 0. The second kappa shape index (κ2) is 3.61. The first-order chi connectivity index (χ1) is 6.70. The van der Waals surface area contributed by atoms with Crippen molar-refractivity contribution in [2.45, 2.75) is 11.1 Å². The molecule has 1 aromatic rings. The molecule has 0 fully saturated rings. The van der Waals surface area contributed by atoms with Crippen molar-refractivity contribution in [3.8, 4) is 0 Å². The van der Waals surface area contributed by atoms with Crippen LogP contribution in [0.2, 0.25) is 0 Å². The van der Waals surface area contributed by atoms with Gasteiger partial charge in [0.2, 0.25) is 0 Å². The summed E-state index contributed by atoms with van der Waals surface area (Å²) in [6.07, 6.45) is -1.26. The average molecular weight is 211 g/mol. The molecule has 0 saturated heterocycles. The third kappa shape index (κ3) is 1.50. The summed E-state index contributed by atoms with van der Waals surface area (Å²) >= 11 is 1.31. The molecule has 1 atom stereocenters. The van der Waals surface area contributed by atoms with Gasteiger partial charge in [-0.05, 0) is 6.07 Å². The molecule has 0 radical (unpaired) electrons. The molecular weight excluding hydrogens is 202 g/mol. The van der Waals surface area contributed by atoms with Crippen molar-refractivity contribution in [3.63, 3.8) is 0 Å². The van der Waals surface area contributed by atoms with Crippen molar-refractivity contribution >= 4 is 17.7 Å². The Morgan fingerprint density at radius 2 is 2.14 bits per heavy atom. The van der Waals surface area contributed by atoms with Crippen LogP contribution in [-0.4, -0.2) is 27.0 Å². The maximum absolute atomic E-state index is 11.2. The quantitative estimate of drug-likeness (QED) is 0.628. The monoisotopic (exact) mass is 211 g/mol. The van der Waals surface area contributed by atoms with E-state index in [9.17, 15) is 15.1 Å². The van der Waals surface area contributed by atoms with Crippen molar-refractivity contribution in [3.05, 3.63) is 29.8 Å². The van der Waals surface area contributed by atoms with E-state index >= 15 is 0 Å². The summed E-state index contributed by atoms with van der Waals surface area (Å²) in [5, 5.41) is 19.3. The highest BCUT2D eigenvalue weighted by Crippen LogP contribution is 2.32. The van der Waals surface area contributed by atoms with Crippen LogP contribution in [0.5, 0.6) is 0 Å². The summed E-state index contributed by atoms with van der Waals surface area (Å²) in [5.74, 6) is -0.344. The molecule has 4 nitrogen and oxygen atoms in total. The molecule has 0 saturated carbocycles. The second-order valence-corrected chi connectivity index (χ2v) is 3.96. The van der Waals surface area contributed by atoms with Crippen LogP contribution in [0.3, 0.4) is 0 Å². The van der Waals surface area contributed by atoms with Gasteiger partial charge in [0.05, 0.1) is 5.75 Å². The predicted octanol–water partition coefficient (Wildman–Crippen LogP) is 1.00. The lowest BCUT2D eigenvalue weighted by Crippen LogP contribution is -2.31. The lowest BCUT2D eigenvalue weighted by molar-refractivity contribution is -0.205. The third-order valence-electron chi connectivity index (χ3n) is 2.04. The van der Waals surface area contributed by atoms with Crippen molar-refractivity contribution < 1.29 is 15.1 Å². The Hall–Kier alpha value is -1.04. The number of hydrogen-bond acceptors (Lipinski definition) is 4. The largest absolute Gasteiger partial charge is 0.367 e. The van der Waals surface area contributed by atoms with E-state index in [1.54, 1.807) is 12.1 Å². The molecule has 5 heteroatoms. The number of aliphatic hydroxyl groups excluding tert-OH is 1. The van der Waals surface area contributed by atoms with Gasteiger partial charge in [0, 0.05) is 10.5 Å². The van der Waals surface area contributed by atoms with Gasteiger partial charge in [-0.2, -0.15) is 5.06 Å². The number of amides is 1. The fraction of sp³-hybridized carbons (Fsp3) is 0.222. The second-order valence-electron chi connectivity index (χ2n) is 2.94. The van der Waals surface area contributed by atoms with E-state index in [0.29, 0.717) is 10.6 Å². The van der Waals surface area contributed by atoms with Crippen LogP contribution in [0, 0.1) is 0 Å². The van der Waals surface area contributed by atoms with Gasteiger partial charge in [-0.3, -0.25) is 10.0 Å². The number of benzene rings is 1. The first kappa shape index (κ1) is 9.51. The Labute approximate surface area is 85.1 Å². The highest BCUT2D eigenvalue weighted by molar-refractivity contribution is 8.00. The molecule has 0 bridgehead atoms. The first-order valence-electron chi connectivity index (χ1n) is 4.11. The number of carbonyl (C=O) groups excluding carboxylic acids is 1. The number of hydroxylamine groups is 2. The molecule has 74 valence electrons. The molecule has 0 aliphatic carbocycles. The van der Waals surface area contributed by atoms with Gasteiger partial charge < -0.3 is 5.11 Å². The van der Waals surface area contributed by atoms with E-state index in [0.717, 1.165) is 4.90 Å². The van der Waals surface area contributed by atoms with Crippen LogP contribution < -0.4 is 0 Å². The summed E-state index contributed by atoms with van der Waals surface area (Å²) in [5.41, 5.74) is 0.561. The number of fused-ring (bicyclic) bond motifs is 1. The molecule has 2 N–H and O–H groups in total. The van der Waals surface area contributed by atoms with Gasteiger partial charge >= 0.3 is 0 Å². The molecule has 2 rings (SSSR count). The minimum atomic E-state index is -1.26. The zero-order valence-corrected chi connectivity index (χ0v) is 8.07. The van der Waals surface area contributed by atoms with Crippen LogP contribution in [0.4, 0.5) is 0 Å². The summed E-state index contributed by atoms with van der Waals surface area (Å²) in [7, 11) is 0. The number of thioether (sulfide) groups is 1. The van der Waals surface area contributed by atoms with Gasteiger partial charge in [0.1, 0.15) is 0 Å². The lowest BCUT2D eigenvalue weighted by atomic mass is 10.2. The minimum Gasteiger partial charge on any atom is -0.367 e. The topological polar surface area (TPSA) is 60.8 Å². The molecule has 1 unspecified atom stereocenters. The van der Waals surface area contributed by atoms with E-state index in [1.165, 1.54) is 11.8 Å². The fourth-order valence-corrected chi connectivity index (χ4v) is 2.23. The number of aliphatic hydroxyl groups is 1. The van der Waals surface area contributed by atoms with Crippen LogP contribution in [0.25, 0.3) is 0 Å². The maximum atomic E-state index is 11.2. The van der Waals surface area contributed by atoms with Crippen LogP contribution in [0.15, 0.2) is 29.2 Å². The summed E-state index contributed by atoms with van der Waals surface area (Å²) in [6.45, 7) is 0. The molecule has 0 aromatic heterocycles. The smallest absolute Gasteiger partial charge is 0.259 e. The molecular formula is C9H9NO3S. The van der Waals surface area contributed by atoms with Crippen molar-refractivity contribution in [2.24, 2.45) is 0 Å². The van der Waals surface area contributed by atoms with Gasteiger partial charge in [0.15, 0.2) is 6.23 Å². The van der Waals surface area contributed by atoms with Crippen LogP contribution in [0.1, 0.15) is 11.8 Å². The van der Waals surface area contributed by atoms with Gasteiger partial charge in [0.25, 0.3) is 5.91 Å². The van der Waals surface area contributed by atoms with E-state index in [4.69, 9.17) is 0 Å². The van der Waals surface area contributed by atoms with Crippen molar-refractivity contribution in [1.82, 2.24) is 5.06 Å². The number of carbonyl (C=O) groups is 1. The van der Waals surface area contributed by atoms with E-state index in [2.05, 4.69) is 0 Å². The lowest BCUT2D eigenvalue weighted by Gasteiger charge is -2.18. The zero-order chi connectivity index (χ0) is 10.1. The van der Waals surface area contributed by atoms with Crippen molar-refractivity contribution in [1.29, 1.82) is 0 Å². The molecule has 14 heavy (non-hydrogen) atoms. The Kier molecular flexibility index (Phi) is 2.45. The summed E-state index contributed by atoms with van der Waals surface area (Å²) in [4.78, 5) is 12.0. The van der Waals surface area contributed by atoms with Gasteiger partial charge in [-0.1, -0.05) is 18.2 Å². The molecule has 0 spiro atoms. The highest BCUT2D eigenvalue weighted by Gasteiger charge is 2.27.